The molecule has 1 atom stereocenters. The summed E-state index contributed by atoms with van der Waals surface area (Å²) < 4.78 is 10.2. The maximum absolute atomic E-state index is 11.8. The third-order valence-corrected chi connectivity index (χ3v) is 3.02. The molecule has 0 bridgehead atoms. The van der Waals surface area contributed by atoms with Crippen molar-refractivity contribution in [3.8, 4) is 5.75 Å². The van der Waals surface area contributed by atoms with E-state index in [0.29, 0.717) is 31.8 Å². The SMILES string of the molecule is CCOCCCC(=O)NC(C)c1ccc(OCC(=O)O)cc1. The third-order valence-electron chi connectivity index (χ3n) is 3.02. The Bertz CT molecular complexity index is 472. The van der Waals surface area contributed by atoms with Crippen molar-refractivity contribution < 1.29 is 24.2 Å². The molecule has 1 aromatic carbocycles. The number of aliphatic carboxylic acids is 1. The van der Waals surface area contributed by atoms with Gasteiger partial charge in [0.05, 0.1) is 6.04 Å². The molecule has 0 aliphatic rings. The molecule has 0 aliphatic heterocycles. The van der Waals surface area contributed by atoms with Crippen molar-refractivity contribution in [3.63, 3.8) is 0 Å². The molecule has 22 heavy (non-hydrogen) atoms. The van der Waals surface area contributed by atoms with Gasteiger partial charge in [0.2, 0.25) is 5.91 Å². The molecule has 1 unspecified atom stereocenters. The highest BCUT2D eigenvalue weighted by atomic mass is 16.5. The largest absolute Gasteiger partial charge is 0.482 e. The second kappa shape index (κ2) is 9.78. The van der Waals surface area contributed by atoms with E-state index in [0.717, 1.165) is 5.56 Å². The minimum atomic E-state index is -1.02. The van der Waals surface area contributed by atoms with E-state index in [4.69, 9.17) is 14.6 Å². The van der Waals surface area contributed by atoms with E-state index in [1.54, 1.807) is 12.1 Å². The first-order valence-electron chi connectivity index (χ1n) is 7.34. The average molecular weight is 309 g/mol. The molecule has 2 N–H and O–H groups in total. The van der Waals surface area contributed by atoms with Crippen LogP contribution in [0.5, 0.6) is 5.75 Å². The summed E-state index contributed by atoms with van der Waals surface area (Å²) in [5.74, 6) is -0.545. The zero-order valence-electron chi connectivity index (χ0n) is 13.0. The van der Waals surface area contributed by atoms with Gasteiger partial charge in [0.15, 0.2) is 6.61 Å². The van der Waals surface area contributed by atoms with Gasteiger partial charge in [-0.15, -0.1) is 0 Å². The number of ether oxygens (including phenoxy) is 2. The number of hydrogen-bond acceptors (Lipinski definition) is 4. The van der Waals surface area contributed by atoms with E-state index in [-0.39, 0.29) is 18.6 Å². The summed E-state index contributed by atoms with van der Waals surface area (Å²) in [7, 11) is 0. The van der Waals surface area contributed by atoms with Crippen LogP contribution in [0.1, 0.15) is 38.3 Å². The van der Waals surface area contributed by atoms with Crippen LogP contribution in [-0.2, 0) is 14.3 Å². The van der Waals surface area contributed by atoms with Crippen LogP contribution in [-0.4, -0.2) is 36.8 Å². The Balaban J connectivity index is 2.39. The van der Waals surface area contributed by atoms with Crippen molar-refractivity contribution in [1.82, 2.24) is 5.32 Å². The molecule has 0 aromatic heterocycles. The molecule has 0 saturated carbocycles. The standard InChI is InChI=1S/C16H23NO5/c1-3-21-10-4-5-15(18)17-12(2)13-6-8-14(9-7-13)22-11-16(19)20/h6-9,12H,3-5,10-11H2,1-2H3,(H,17,18)(H,19,20). The van der Waals surface area contributed by atoms with Gasteiger partial charge in [-0.2, -0.15) is 0 Å². The number of carbonyl (C=O) groups excluding carboxylic acids is 1. The predicted octanol–water partition coefficient (Wildman–Crippen LogP) is 2.14. The third kappa shape index (κ3) is 7.08. The van der Waals surface area contributed by atoms with Gasteiger partial charge in [0.1, 0.15) is 5.75 Å². The minimum Gasteiger partial charge on any atom is -0.482 e. The van der Waals surface area contributed by atoms with Gasteiger partial charge in [-0.25, -0.2) is 4.79 Å². The lowest BCUT2D eigenvalue weighted by Crippen LogP contribution is -2.26. The number of carboxylic acid groups (broad SMARTS) is 1. The molecule has 1 amide bonds. The molecular formula is C16H23NO5. The van der Waals surface area contributed by atoms with Crippen LogP contribution in [0.4, 0.5) is 0 Å². The van der Waals surface area contributed by atoms with E-state index in [2.05, 4.69) is 5.32 Å². The molecule has 0 aliphatic carbocycles. The van der Waals surface area contributed by atoms with Crippen LogP contribution in [0, 0.1) is 0 Å². The molecule has 0 spiro atoms. The Morgan fingerprint density at radius 3 is 2.55 bits per heavy atom. The van der Waals surface area contributed by atoms with Crippen molar-refractivity contribution in [2.24, 2.45) is 0 Å². The second-order valence-electron chi connectivity index (χ2n) is 4.84. The topological polar surface area (TPSA) is 84.9 Å². The molecule has 1 aromatic rings. The van der Waals surface area contributed by atoms with Crippen molar-refractivity contribution in [1.29, 1.82) is 0 Å². The first-order valence-corrected chi connectivity index (χ1v) is 7.34. The van der Waals surface area contributed by atoms with E-state index < -0.39 is 5.97 Å². The second-order valence-corrected chi connectivity index (χ2v) is 4.84. The fourth-order valence-corrected chi connectivity index (χ4v) is 1.87. The number of carboxylic acids is 1. The van der Waals surface area contributed by atoms with E-state index in [1.165, 1.54) is 0 Å². The van der Waals surface area contributed by atoms with Crippen LogP contribution in [0.15, 0.2) is 24.3 Å². The fraction of sp³-hybridized carbons (Fsp3) is 0.500. The highest BCUT2D eigenvalue weighted by Gasteiger charge is 2.09. The fourth-order valence-electron chi connectivity index (χ4n) is 1.87. The highest BCUT2D eigenvalue weighted by molar-refractivity contribution is 5.76. The van der Waals surface area contributed by atoms with Crippen molar-refractivity contribution in [2.75, 3.05) is 19.8 Å². The first-order chi connectivity index (χ1) is 10.5. The summed E-state index contributed by atoms with van der Waals surface area (Å²) >= 11 is 0. The summed E-state index contributed by atoms with van der Waals surface area (Å²) in [5.41, 5.74) is 0.931. The smallest absolute Gasteiger partial charge is 0.341 e. The van der Waals surface area contributed by atoms with Gasteiger partial charge in [0, 0.05) is 19.6 Å². The lowest BCUT2D eigenvalue weighted by molar-refractivity contribution is -0.139. The Kier molecular flexibility index (Phi) is 7.99. The minimum absolute atomic E-state index is 0.0154. The number of rotatable bonds is 10. The van der Waals surface area contributed by atoms with Gasteiger partial charge < -0.3 is 19.9 Å². The maximum atomic E-state index is 11.8. The number of nitrogens with one attached hydrogen (secondary N) is 1. The summed E-state index contributed by atoms with van der Waals surface area (Å²) in [6.45, 7) is 4.70. The van der Waals surface area contributed by atoms with Crippen LogP contribution in [0.2, 0.25) is 0 Å². The zero-order chi connectivity index (χ0) is 16.4. The molecule has 0 saturated heterocycles. The maximum Gasteiger partial charge on any atom is 0.341 e. The number of amides is 1. The van der Waals surface area contributed by atoms with Gasteiger partial charge in [-0.1, -0.05) is 12.1 Å². The zero-order valence-corrected chi connectivity index (χ0v) is 13.0. The average Bonchev–Trinajstić information content (AvgIpc) is 2.50. The van der Waals surface area contributed by atoms with E-state index >= 15 is 0 Å². The monoisotopic (exact) mass is 309 g/mol. The van der Waals surface area contributed by atoms with Crippen molar-refractivity contribution in [2.45, 2.75) is 32.7 Å². The number of carbonyl (C=O) groups is 2. The highest BCUT2D eigenvalue weighted by Crippen LogP contribution is 2.17. The lowest BCUT2D eigenvalue weighted by Gasteiger charge is -2.15. The number of hydrogen-bond donors (Lipinski definition) is 2. The summed E-state index contributed by atoms with van der Waals surface area (Å²) in [6.07, 6.45) is 1.14. The lowest BCUT2D eigenvalue weighted by atomic mass is 10.1. The molecule has 6 nitrogen and oxygen atoms in total. The Morgan fingerprint density at radius 2 is 1.95 bits per heavy atom. The van der Waals surface area contributed by atoms with Gasteiger partial charge >= 0.3 is 5.97 Å². The van der Waals surface area contributed by atoms with Crippen LogP contribution in [0.25, 0.3) is 0 Å². The van der Waals surface area contributed by atoms with Crippen LogP contribution < -0.4 is 10.1 Å². The first kappa shape index (κ1) is 18.0. The van der Waals surface area contributed by atoms with Crippen LogP contribution >= 0.6 is 0 Å². The van der Waals surface area contributed by atoms with E-state index in [1.807, 2.05) is 26.0 Å². The summed E-state index contributed by atoms with van der Waals surface area (Å²) in [4.78, 5) is 22.2. The molecule has 0 heterocycles. The number of benzene rings is 1. The molecule has 6 heteroatoms. The molecular weight excluding hydrogens is 286 g/mol. The molecule has 0 radical (unpaired) electrons. The normalized spacial score (nSPS) is 11.7. The van der Waals surface area contributed by atoms with Gasteiger partial charge in [-0.05, 0) is 38.0 Å². The predicted molar refractivity (Wildman–Crippen MR) is 81.9 cm³/mol. The van der Waals surface area contributed by atoms with Crippen LogP contribution in [0.3, 0.4) is 0 Å². The Hall–Kier alpha value is -2.08. The van der Waals surface area contributed by atoms with Crippen molar-refractivity contribution in [3.05, 3.63) is 29.8 Å². The van der Waals surface area contributed by atoms with Gasteiger partial charge in [-0.3, -0.25) is 4.79 Å². The van der Waals surface area contributed by atoms with Gasteiger partial charge in [0.25, 0.3) is 0 Å². The Labute approximate surface area is 130 Å². The molecule has 1 rings (SSSR count). The summed E-state index contributed by atoms with van der Waals surface area (Å²) in [5, 5.41) is 11.5. The summed E-state index contributed by atoms with van der Waals surface area (Å²) in [6, 6.07) is 6.88. The quantitative estimate of drug-likeness (QED) is 0.647. The van der Waals surface area contributed by atoms with Crippen molar-refractivity contribution >= 4 is 11.9 Å². The molecule has 0 fully saturated rings. The van der Waals surface area contributed by atoms with E-state index in [9.17, 15) is 9.59 Å². The molecule has 122 valence electrons. The Morgan fingerprint density at radius 1 is 1.27 bits per heavy atom.